The lowest BCUT2D eigenvalue weighted by atomic mass is 9.88. The number of amides is 2. The van der Waals surface area contributed by atoms with Gasteiger partial charge in [0.25, 0.3) is 5.91 Å². The summed E-state index contributed by atoms with van der Waals surface area (Å²) >= 11 is 0. The van der Waals surface area contributed by atoms with Crippen molar-refractivity contribution in [3.05, 3.63) is 53.6 Å². The summed E-state index contributed by atoms with van der Waals surface area (Å²) in [5.74, 6) is 1.31. The van der Waals surface area contributed by atoms with Crippen LogP contribution in [0.4, 0.5) is 5.69 Å². The molecular formula is C25H26N2O6. The van der Waals surface area contributed by atoms with Gasteiger partial charge in [-0.1, -0.05) is 6.07 Å². The first-order chi connectivity index (χ1) is 16.0. The SMILES string of the molecule is COc1ccc(/C=C/C(=O)N2CCC(C(=O)c3ccc4c(c3)NC(=O)CO4)CC2)cc1OC. The zero-order chi connectivity index (χ0) is 23.4. The lowest BCUT2D eigenvalue weighted by molar-refractivity contribution is -0.127. The summed E-state index contributed by atoms with van der Waals surface area (Å²) in [4.78, 5) is 38.9. The van der Waals surface area contributed by atoms with Gasteiger partial charge in [-0.15, -0.1) is 0 Å². The topological polar surface area (TPSA) is 94.2 Å². The third-order valence-corrected chi connectivity index (χ3v) is 5.90. The number of hydrogen-bond acceptors (Lipinski definition) is 6. The number of fused-ring (bicyclic) bond motifs is 1. The monoisotopic (exact) mass is 450 g/mol. The van der Waals surface area contributed by atoms with E-state index in [1.807, 2.05) is 6.07 Å². The van der Waals surface area contributed by atoms with Crippen LogP contribution in [0.25, 0.3) is 6.08 Å². The molecule has 0 radical (unpaired) electrons. The molecule has 1 N–H and O–H groups in total. The largest absolute Gasteiger partial charge is 0.493 e. The Kier molecular flexibility index (Phi) is 6.63. The van der Waals surface area contributed by atoms with Crippen molar-refractivity contribution in [2.45, 2.75) is 12.8 Å². The van der Waals surface area contributed by atoms with E-state index in [1.165, 1.54) is 6.08 Å². The van der Waals surface area contributed by atoms with E-state index in [1.54, 1.807) is 55.5 Å². The molecule has 2 aliphatic rings. The van der Waals surface area contributed by atoms with Crippen molar-refractivity contribution in [1.29, 1.82) is 0 Å². The minimum atomic E-state index is -0.236. The number of carbonyl (C=O) groups is 3. The van der Waals surface area contributed by atoms with Gasteiger partial charge in [0.1, 0.15) is 5.75 Å². The molecule has 8 heteroatoms. The molecule has 33 heavy (non-hydrogen) atoms. The Morgan fingerprint density at radius 3 is 2.55 bits per heavy atom. The number of nitrogens with zero attached hydrogens (tertiary/aromatic N) is 1. The van der Waals surface area contributed by atoms with E-state index in [0.717, 1.165) is 5.56 Å². The van der Waals surface area contributed by atoms with Gasteiger partial charge in [-0.05, 0) is 54.8 Å². The van der Waals surface area contributed by atoms with Crippen LogP contribution in [0.3, 0.4) is 0 Å². The second-order valence-corrected chi connectivity index (χ2v) is 7.96. The second-order valence-electron chi connectivity index (χ2n) is 7.96. The normalized spacial score (nSPS) is 16.1. The summed E-state index contributed by atoms with van der Waals surface area (Å²) in [6.07, 6.45) is 4.46. The van der Waals surface area contributed by atoms with E-state index in [0.29, 0.717) is 54.4 Å². The molecule has 0 spiro atoms. The molecule has 0 atom stereocenters. The number of nitrogens with one attached hydrogen (secondary N) is 1. The first-order valence-corrected chi connectivity index (χ1v) is 10.8. The summed E-state index contributed by atoms with van der Waals surface area (Å²) < 4.78 is 15.9. The molecule has 2 aliphatic heterocycles. The van der Waals surface area contributed by atoms with E-state index in [2.05, 4.69) is 5.32 Å². The predicted molar refractivity (Wildman–Crippen MR) is 123 cm³/mol. The molecule has 1 fully saturated rings. The number of ketones is 1. The van der Waals surface area contributed by atoms with Gasteiger partial charge >= 0.3 is 0 Å². The number of hydrogen-bond donors (Lipinski definition) is 1. The summed E-state index contributed by atoms with van der Waals surface area (Å²) in [6, 6.07) is 10.5. The van der Waals surface area contributed by atoms with Crippen molar-refractivity contribution < 1.29 is 28.6 Å². The molecule has 2 amide bonds. The molecule has 172 valence electrons. The quantitative estimate of drug-likeness (QED) is 0.537. The fraction of sp³-hybridized carbons (Fsp3) is 0.320. The highest BCUT2D eigenvalue weighted by atomic mass is 16.5. The highest BCUT2D eigenvalue weighted by molar-refractivity contribution is 6.02. The zero-order valence-electron chi connectivity index (χ0n) is 18.6. The smallest absolute Gasteiger partial charge is 0.262 e. The molecule has 0 unspecified atom stereocenters. The van der Waals surface area contributed by atoms with Crippen molar-refractivity contribution in [1.82, 2.24) is 4.90 Å². The molecular weight excluding hydrogens is 424 g/mol. The summed E-state index contributed by atoms with van der Waals surface area (Å²) in [7, 11) is 3.14. The Labute approximate surface area is 192 Å². The zero-order valence-corrected chi connectivity index (χ0v) is 18.6. The van der Waals surface area contributed by atoms with Crippen molar-refractivity contribution in [3.8, 4) is 17.2 Å². The maximum atomic E-state index is 13.0. The Hall–Kier alpha value is -3.81. The lowest BCUT2D eigenvalue weighted by Gasteiger charge is -2.30. The number of carbonyl (C=O) groups excluding carboxylic acids is 3. The summed E-state index contributed by atoms with van der Waals surface area (Å²) in [5, 5.41) is 2.73. The van der Waals surface area contributed by atoms with E-state index in [-0.39, 0.29) is 30.1 Å². The number of rotatable bonds is 6. The summed E-state index contributed by atoms with van der Waals surface area (Å²) in [5.41, 5.74) is 1.89. The Morgan fingerprint density at radius 2 is 1.82 bits per heavy atom. The van der Waals surface area contributed by atoms with Gasteiger partial charge in [0, 0.05) is 30.6 Å². The fourth-order valence-corrected chi connectivity index (χ4v) is 4.06. The van der Waals surface area contributed by atoms with Crippen LogP contribution >= 0.6 is 0 Å². The standard InChI is InChI=1S/C25H26N2O6/c1-31-21-6-3-16(13-22(21)32-2)4-8-24(29)27-11-9-17(10-12-27)25(30)18-5-7-20-19(14-18)26-23(28)15-33-20/h3-8,13-14,17H,9-12,15H2,1-2H3,(H,26,28)/b8-4+. The van der Waals surface area contributed by atoms with Gasteiger partial charge in [-0.25, -0.2) is 0 Å². The Bertz CT molecular complexity index is 1100. The molecule has 4 rings (SSSR count). The van der Waals surface area contributed by atoms with Crippen molar-refractivity contribution in [3.63, 3.8) is 0 Å². The molecule has 1 saturated heterocycles. The second kappa shape index (κ2) is 9.77. The number of likely N-dealkylation sites (tertiary alicyclic amines) is 1. The van der Waals surface area contributed by atoms with Gasteiger partial charge in [0.05, 0.1) is 19.9 Å². The highest BCUT2D eigenvalue weighted by Crippen LogP contribution is 2.31. The van der Waals surface area contributed by atoms with Gasteiger partial charge in [-0.3, -0.25) is 14.4 Å². The Balaban J connectivity index is 1.34. The summed E-state index contributed by atoms with van der Waals surface area (Å²) in [6.45, 7) is 1.000. The van der Waals surface area contributed by atoms with E-state index in [9.17, 15) is 14.4 Å². The maximum Gasteiger partial charge on any atom is 0.262 e. The third-order valence-electron chi connectivity index (χ3n) is 5.90. The van der Waals surface area contributed by atoms with Crippen molar-refractivity contribution in [2.75, 3.05) is 39.2 Å². The molecule has 0 aliphatic carbocycles. The molecule has 2 aromatic rings. The van der Waals surface area contributed by atoms with Crippen LogP contribution in [0.15, 0.2) is 42.5 Å². The number of anilines is 1. The van der Waals surface area contributed by atoms with Gasteiger partial charge in [0.15, 0.2) is 23.9 Å². The predicted octanol–water partition coefficient (Wildman–Crippen LogP) is 3.17. The first-order valence-electron chi connectivity index (χ1n) is 10.8. The number of methoxy groups -OCH3 is 2. The molecule has 2 aromatic carbocycles. The van der Waals surface area contributed by atoms with Crippen LogP contribution in [-0.4, -0.2) is 56.4 Å². The van der Waals surface area contributed by atoms with Crippen LogP contribution in [0.5, 0.6) is 17.2 Å². The molecule has 0 saturated carbocycles. The minimum absolute atomic E-state index is 0.0191. The van der Waals surface area contributed by atoms with E-state index < -0.39 is 0 Å². The fourth-order valence-electron chi connectivity index (χ4n) is 4.06. The first kappa shape index (κ1) is 22.4. The number of piperidine rings is 1. The van der Waals surface area contributed by atoms with E-state index in [4.69, 9.17) is 14.2 Å². The highest BCUT2D eigenvalue weighted by Gasteiger charge is 2.28. The molecule has 8 nitrogen and oxygen atoms in total. The van der Waals surface area contributed by atoms with Crippen molar-refractivity contribution in [2.24, 2.45) is 5.92 Å². The maximum absolute atomic E-state index is 13.0. The van der Waals surface area contributed by atoms with Gasteiger partial charge in [-0.2, -0.15) is 0 Å². The van der Waals surface area contributed by atoms with Crippen molar-refractivity contribution >= 4 is 29.4 Å². The average molecular weight is 450 g/mol. The van der Waals surface area contributed by atoms with Gasteiger partial charge < -0.3 is 24.4 Å². The average Bonchev–Trinajstić information content (AvgIpc) is 2.86. The van der Waals surface area contributed by atoms with E-state index >= 15 is 0 Å². The number of ether oxygens (including phenoxy) is 3. The Morgan fingerprint density at radius 1 is 1.06 bits per heavy atom. The number of benzene rings is 2. The van der Waals surface area contributed by atoms with Crippen LogP contribution < -0.4 is 19.5 Å². The molecule has 0 aromatic heterocycles. The third kappa shape index (κ3) is 5.00. The van der Waals surface area contributed by atoms with Crippen LogP contribution in [0, 0.1) is 5.92 Å². The minimum Gasteiger partial charge on any atom is -0.493 e. The van der Waals surface area contributed by atoms with Gasteiger partial charge in [0.2, 0.25) is 5.91 Å². The number of Topliss-reactive ketones (excluding diaryl/α,β-unsaturated/α-hetero) is 1. The molecule has 0 bridgehead atoms. The van der Waals surface area contributed by atoms with Crippen LogP contribution in [0.1, 0.15) is 28.8 Å². The molecule has 2 heterocycles. The van der Waals surface area contributed by atoms with Crippen LogP contribution in [-0.2, 0) is 9.59 Å². The lowest BCUT2D eigenvalue weighted by Crippen LogP contribution is -2.39. The van der Waals surface area contributed by atoms with Crippen LogP contribution in [0.2, 0.25) is 0 Å².